The Hall–Kier alpha value is -2.07. The molecule has 1 N–H and O–H groups in total. The molecule has 0 unspecified atom stereocenters. The van der Waals surface area contributed by atoms with Crippen molar-refractivity contribution in [3.63, 3.8) is 0 Å². The highest BCUT2D eigenvalue weighted by Crippen LogP contribution is 2.30. The Morgan fingerprint density at radius 3 is 2.46 bits per heavy atom. The summed E-state index contributed by atoms with van der Waals surface area (Å²) in [7, 11) is -3.67. The van der Waals surface area contributed by atoms with Gasteiger partial charge in [-0.2, -0.15) is 9.19 Å². The molecule has 2 aromatic rings. The molecule has 0 aliphatic heterocycles. The predicted molar refractivity (Wildman–Crippen MR) is 79.7 cm³/mol. The van der Waals surface area contributed by atoms with Gasteiger partial charge in [0.25, 0.3) is 10.0 Å². The first-order valence-electron chi connectivity index (χ1n) is 6.83. The summed E-state index contributed by atoms with van der Waals surface area (Å²) in [6.45, 7) is 2.47. The molecular weight excluding hydrogens is 349 g/mol. The second-order valence-electron chi connectivity index (χ2n) is 5.27. The standard InChI is InChI=1S/C14H15F3N2O4S/c1-9(2)24(21,22)19-7-12(6-18-19)11-3-10(8-20)4-13(5-11)23-14(15,16)17/h3-7,9,20H,8H2,1-2H3. The van der Waals surface area contributed by atoms with E-state index < -0.39 is 34.0 Å². The van der Waals surface area contributed by atoms with Crippen molar-refractivity contribution in [1.82, 2.24) is 9.19 Å². The molecule has 0 atom stereocenters. The minimum absolute atomic E-state index is 0.186. The second-order valence-corrected chi connectivity index (χ2v) is 7.61. The smallest absolute Gasteiger partial charge is 0.406 e. The predicted octanol–water partition coefficient (Wildman–Crippen LogP) is 2.53. The lowest BCUT2D eigenvalue weighted by molar-refractivity contribution is -0.274. The molecule has 1 aromatic heterocycles. The zero-order chi connectivity index (χ0) is 18.1. The molecule has 10 heteroatoms. The molecule has 0 bridgehead atoms. The summed E-state index contributed by atoms with van der Waals surface area (Å²) >= 11 is 0. The Morgan fingerprint density at radius 1 is 1.25 bits per heavy atom. The average Bonchev–Trinajstić information content (AvgIpc) is 2.95. The van der Waals surface area contributed by atoms with Gasteiger partial charge >= 0.3 is 6.36 Å². The molecule has 0 saturated heterocycles. The van der Waals surface area contributed by atoms with Gasteiger partial charge in [0.05, 0.1) is 24.3 Å². The summed E-state index contributed by atoms with van der Waals surface area (Å²) in [6, 6.07) is 3.56. The summed E-state index contributed by atoms with van der Waals surface area (Å²) in [5.41, 5.74) is 0.707. The van der Waals surface area contributed by atoms with Gasteiger partial charge in [-0.15, -0.1) is 13.2 Å². The van der Waals surface area contributed by atoms with Crippen molar-refractivity contribution < 1.29 is 31.4 Å². The van der Waals surface area contributed by atoms with Crippen molar-refractivity contribution in [1.29, 1.82) is 0 Å². The van der Waals surface area contributed by atoms with Crippen LogP contribution in [0.1, 0.15) is 19.4 Å². The fourth-order valence-electron chi connectivity index (χ4n) is 1.92. The van der Waals surface area contributed by atoms with E-state index in [0.717, 1.165) is 16.2 Å². The molecular formula is C14H15F3N2O4S. The van der Waals surface area contributed by atoms with Crippen molar-refractivity contribution in [2.75, 3.05) is 0 Å². The summed E-state index contributed by atoms with van der Waals surface area (Å²) in [5.74, 6) is -0.511. The third-order valence-electron chi connectivity index (χ3n) is 3.13. The van der Waals surface area contributed by atoms with E-state index in [1.807, 2.05) is 0 Å². The van der Waals surface area contributed by atoms with Crippen LogP contribution in [0.15, 0.2) is 30.6 Å². The number of aromatic nitrogens is 2. The van der Waals surface area contributed by atoms with E-state index in [4.69, 9.17) is 0 Å². The van der Waals surface area contributed by atoms with E-state index in [0.29, 0.717) is 0 Å². The van der Waals surface area contributed by atoms with Gasteiger partial charge < -0.3 is 9.84 Å². The molecule has 24 heavy (non-hydrogen) atoms. The summed E-state index contributed by atoms with van der Waals surface area (Å²) in [4.78, 5) is 0. The molecule has 0 saturated carbocycles. The highest BCUT2D eigenvalue weighted by molar-refractivity contribution is 7.90. The van der Waals surface area contributed by atoms with Gasteiger partial charge in [0.1, 0.15) is 5.75 Å². The molecule has 0 amide bonds. The molecule has 1 heterocycles. The first-order chi connectivity index (χ1) is 11.0. The van der Waals surface area contributed by atoms with E-state index >= 15 is 0 Å². The van der Waals surface area contributed by atoms with E-state index in [9.17, 15) is 26.7 Å². The number of hydrogen-bond acceptors (Lipinski definition) is 5. The first kappa shape index (κ1) is 18.3. The Bertz CT molecular complexity index is 829. The minimum Gasteiger partial charge on any atom is -0.406 e. The van der Waals surface area contributed by atoms with Crippen molar-refractivity contribution in [2.24, 2.45) is 0 Å². The largest absolute Gasteiger partial charge is 0.573 e. The fourth-order valence-corrected chi connectivity index (χ4v) is 2.79. The van der Waals surface area contributed by atoms with E-state index in [-0.39, 0.29) is 16.7 Å². The molecule has 0 aliphatic rings. The lowest BCUT2D eigenvalue weighted by Gasteiger charge is -2.11. The third kappa shape index (κ3) is 4.06. The summed E-state index contributed by atoms with van der Waals surface area (Å²) < 4.78 is 65.9. The normalized spacial score (nSPS) is 12.6. The second kappa shape index (κ2) is 6.44. The number of halogens is 3. The van der Waals surface area contributed by atoms with Crippen LogP contribution >= 0.6 is 0 Å². The van der Waals surface area contributed by atoms with Crippen LogP contribution in [-0.2, 0) is 16.6 Å². The third-order valence-corrected chi connectivity index (χ3v) is 5.04. The van der Waals surface area contributed by atoms with Gasteiger partial charge in [0.15, 0.2) is 0 Å². The van der Waals surface area contributed by atoms with Crippen LogP contribution in [0.3, 0.4) is 0 Å². The lowest BCUT2D eigenvalue weighted by Crippen LogP contribution is -2.22. The fraction of sp³-hybridized carbons (Fsp3) is 0.357. The molecule has 0 aliphatic carbocycles. The van der Waals surface area contributed by atoms with Gasteiger partial charge in [-0.3, -0.25) is 0 Å². The zero-order valence-corrected chi connectivity index (χ0v) is 13.6. The molecule has 0 fully saturated rings. The minimum atomic E-state index is -4.88. The van der Waals surface area contributed by atoms with Crippen LogP contribution < -0.4 is 4.74 Å². The molecule has 2 rings (SSSR count). The summed E-state index contributed by atoms with van der Waals surface area (Å²) in [5, 5.41) is 12.2. The number of benzene rings is 1. The topological polar surface area (TPSA) is 81.4 Å². The van der Waals surface area contributed by atoms with E-state index in [1.165, 1.54) is 32.3 Å². The van der Waals surface area contributed by atoms with Crippen molar-refractivity contribution in [3.05, 3.63) is 36.2 Å². The Labute approximate surface area is 136 Å². The maximum atomic E-state index is 12.4. The number of aliphatic hydroxyl groups is 1. The number of ether oxygens (including phenoxy) is 1. The number of nitrogens with zero attached hydrogens (tertiary/aromatic N) is 2. The zero-order valence-electron chi connectivity index (χ0n) is 12.8. The molecule has 132 valence electrons. The van der Waals surface area contributed by atoms with E-state index in [2.05, 4.69) is 9.84 Å². The van der Waals surface area contributed by atoms with Gasteiger partial charge in [-0.05, 0) is 43.2 Å². The average molecular weight is 364 g/mol. The number of rotatable bonds is 5. The molecule has 0 spiro atoms. The van der Waals surface area contributed by atoms with Crippen molar-refractivity contribution in [2.45, 2.75) is 32.1 Å². The monoisotopic (exact) mass is 364 g/mol. The van der Waals surface area contributed by atoms with Crippen LogP contribution in [-0.4, -0.2) is 34.3 Å². The lowest BCUT2D eigenvalue weighted by atomic mass is 10.1. The quantitative estimate of drug-likeness (QED) is 0.882. The maximum Gasteiger partial charge on any atom is 0.573 e. The SMILES string of the molecule is CC(C)S(=O)(=O)n1cc(-c2cc(CO)cc(OC(F)(F)F)c2)cn1. The maximum absolute atomic E-state index is 12.4. The first-order valence-corrected chi connectivity index (χ1v) is 8.33. The molecule has 0 radical (unpaired) electrons. The van der Waals surface area contributed by atoms with Crippen LogP contribution in [0.4, 0.5) is 13.2 Å². The Balaban J connectivity index is 2.46. The van der Waals surface area contributed by atoms with Crippen molar-refractivity contribution >= 4 is 10.0 Å². The van der Waals surface area contributed by atoms with Crippen LogP contribution in [0.2, 0.25) is 0 Å². The number of hydrogen-bond donors (Lipinski definition) is 1. The Kier molecular flexibility index (Phi) is 4.90. The highest BCUT2D eigenvalue weighted by Gasteiger charge is 2.31. The van der Waals surface area contributed by atoms with Crippen LogP contribution in [0.5, 0.6) is 5.75 Å². The van der Waals surface area contributed by atoms with Crippen LogP contribution in [0.25, 0.3) is 11.1 Å². The van der Waals surface area contributed by atoms with Gasteiger partial charge in [0, 0.05) is 5.56 Å². The number of alkyl halides is 3. The molecule has 6 nitrogen and oxygen atoms in total. The van der Waals surface area contributed by atoms with Crippen molar-refractivity contribution in [3.8, 4) is 16.9 Å². The molecule has 1 aromatic carbocycles. The van der Waals surface area contributed by atoms with Gasteiger partial charge in [0.2, 0.25) is 0 Å². The number of aliphatic hydroxyl groups excluding tert-OH is 1. The van der Waals surface area contributed by atoms with E-state index in [1.54, 1.807) is 0 Å². The van der Waals surface area contributed by atoms with Crippen LogP contribution in [0, 0.1) is 0 Å². The summed E-state index contributed by atoms with van der Waals surface area (Å²) in [6.07, 6.45) is -2.46. The van der Waals surface area contributed by atoms with Gasteiger partial charge in [-0.1, -0.05) is 0 Å². The van der Waals surface area contributed by atoms with Gasteiger partial charge in [-0.25, -0.2) is 8.42 Å². The Morgan fingerprint density at radius 2 is 1.92 bits per heavy atom. The highest BCUT2D eigenvalue weighted by atomic mass is 32.2.